The molecule has 0 saturated heterocycles. The van der Waals surface area contributed by atoms with Crippen molar-refractivity contribution in [3.05, 3.63) is 53.3 Å². The zero-order chi connectivity index (χ0) is 13.7. The Labute approximate surface area is 117 Å². The Morgan fingerprint density at radius 3 is 2.84 bits per heavy atom. The monoisotopic (exact) mass is 277 g/mol. The van der Waals surface area contributed by atoms with Gasteiger partial charge in [-0.1, -0.05) is 23.7 Å². The lowest BCUT2D eigenvalue weighted by molar-refractivity contribution is 0.287. The highest BCUT2D eigenvalue weighted by Crippen LogP contribution is 2.14. The van der Waals surface area contributed by atoms with Crippen molar-refractivity contribution in [2.75, 3.05) is 12.3 Å². The molecule has 0 amide bonds. The summed E-state index contributed by atoms with van der Waals surface area (Å²) in [6.07, 6.45) is 3.89. The lowest BCUT2D eigenvalue weighted by Crippen LogP contribution is -2.30. The highest BCUT2D eigenvalue weighted by Gasteiger charge is 2.06. The van der Waals surface area contributed by atoms with Crippen molar-refractivity contribution in [3.8, 4) is 5.75 Å². The first-order chi connectivity index (χ1) is 9.13. The average Bonchev–Trinajstić information content (AvgIpc) is 2.36. The van der Waals surface area contributed by atoms with Crippen LogP contribution in [0.25, 0.3) is 0 Å². The third kappa shape index (κ3) is 4.43. The molecule has 0 saturated carbocycles. The van der Waals surface area contributed by atoms with E-state index in [0.717, 1.165) is 5.56 Å². The number of anilines is 1. The minimum atomic E-state index is -0.111. The lowest BCUT2D eigenvalue weighted by atomic mass is 10.1. The predicted molar refractivity (Wildman–Crippen MR) is 77.3 cm³/mol. The number of hydrogen-bond donors (Lipinski definition) is 2. The maximum absolute atomic E-state index is 6.02. The summed E-state index contributed by atoms with van der Waals surface area (Å²) in [4.78, 5) is 3.95. The molecule has 1 aromatic heterocycles. The van der Waals surface area contributed by atoms with Gasteiger partial charge in [0.25, 0.3) is 0 Å². The molecule has 0 spiro atoms. The fourth-order valence-corrected chi connectivity index (χ4v) is 1.96. The molecule has 100 valence electrons. The van der Waals surface area contributed by atoms with Crippen molar-refractivity contribution in [2.45, 2.75) is 12.5 Å². The van der Waals surface area contributed by atoms with Gasteiger partial charge in [0, 0.05) is 17.1 Å². The van der Waals surface area contributed by atoms with E-state index in [-0.39, 0.29) is 6.04 Å². The van der Waals surface area contributed by atoms with Crippen molar-refractivity contribution >= 4 is 17.3 Å². The van der Waals surface area contributed by atoms with Gasteiger partial charge in [-0.25, -0.2) is 0 Å². The number of nitrogen functional groups attached to an aromatic ring is 1. The topological polar surface area (TPSA) is 74.2 Å². The first-order valence-electron chi connectivity index (χ1n) is 5.97. The fourth-order valence-electron chi connectivity index (χ4n) is 1.74. The van der Waals surface area contributed by atoms with Crippen molar-refractivity contribution < 1.29 is 4.74 Å². The summed E-state index contributed by atoms with van der Waals surface area (Å²) in [6.45, 7) is 0.400. The molecule has 0 fully saturated rings. The second-order valence-electron chi connectivity index (χ2n) is 4.36. The normalized spacial score (nSPS) is 12.1. The number of aromatic nitrogens is 1. The minimum Gasteiger partial charge on any atom is -0.490 e. The van der Waals surface area contributed by atoms with Crippen LogP contribution >= 0.6 is 11.6 Å². The maximum atomic E-state index is 6.02. The van der Waals surface area contributed by atoms with Gasteiger partial charge in [-0.3, -0.25) is 4.98 Å². The van der Waals surface area contributed by atoms with E-state index in [1.807, 2.05) is 24.3 Å². The van der Waals surface area contributed by atoms with E-state index in [2.05, 4.69) is 4.98 Å². The Bertz CT molecular complexity index is 548. The molecular weight excluding hydrogens is 262 g/mol. The quantitative estimate of drug-likeness (QED) is 0.879. The van der Waals surface area contributed by atoms with Crippen LogP contribution in [-0.4, -0.2) is 17.6 Å². The molecule has 0 bridgehead atoms. The molecule has 4 N–H and O–H groups in total. The first kappa shape index (κ1) is 13.6. The Morgan fingerprint density at radius 1 is 1.26 bits per heavy atom. The standard InChI is InChI=1S/C14H16ClN3O/c15-11-3-1-2-10(4-11)5-13(17)9-19-14-6-12(16)7-18-8-14/h1-4,6-8,13H,5,9,16-17H2/t13-/m0/s1. The van der Waals surface area contributed by atoms with Crippen molar-refractivity contribution in [1.29, 1.82) is 0 Å². The summed E-state index contributed by atoms with van der Waals surface area (Å²) in [5.74, 6) is 0.626. The number of halogens is 1. The Kier molecular flexibility index (Phi) is 4.60. The zero-order valence-corrected chi connectivity index (χ0v) is 11.2. The van der Waals surface area contributed by atoms with E-state index in [9.17, 15) is 0 Å². The van der Waals surface area contributed by atoms with Crippen molar-refractivity contribution in [2.24, 2.45) is 5.73 Å². The highest BCUT2D eigenvalue weighted by atomic mass is 35.5. The number of benzene rings is 1. The SMILES string of the molecule is Nc1cncc(OC[C@@H](N)Cc2cccc(Cl)c2)c1. The zero-order valence-electron chi connectivity index (χ0n) is 10.4. The number of nitrogens with two attached hydrogens (primary N) is 2. The number of pyridine rings is 1. The van der Waals surface area contributed by atoms with Crippen LogP contribution in [0, 0.1) is 0 Å². The molecule has 0 aliphatic heterocycles. The van der Waals surface area contributed by atoms with Gasteiger partial charge in [-0.2, -0.15) is 0 Å². The second kappa shape index (κ2) is 6.41. The van der Waals surface area contributed by atoms with Gasteiger partial charge in [-0.15, -0.1) is 0 Å². The summed E-state index contributed by atoms with van der Waals surface area (Å²) in [5, 5.41) is 0.714. The minimum absolute atomic E-state index is 0.111. The van der Waals surface area contributed by atoms with E-state index in [4.69, 9.17) is 27.8 Å². The second-order valence-corrected chi connectivity index (χ2v) is 4.80. The summed E-state index contributed by atoms with van der Waals surface area (Å²) in [5.41, 5.74) is 13.3. The molecule has 1 aromatic carbocycles. The third-order valence-corrected chi connectivity index (χ3v) is 2.82. The number of rotatable bonds is 5. The predicted octanol–water partition coefficient (Wildman–Crippen LogP) is 2.27. The Morgan fingerprint density at radius 2 is 2.11 bits per heavy atom. The van der Waals surface area contributed by atoms with Crippen LogP contribution in [0.3, 0.4) is 0 Å². The highest BCUT2D eigenvalue weighted by molar-refractivity contribution is 6.30. The van der Waals surface area contributed by atoms with Crippen LogP contribution < -0.4 is 16.2 Å². The van der Waals surface area contributed by atoms with Crippen LogP contribution in [0.2, 0.25) is 5.02 Å². The van der Waals surface area contributed by atoms with E-state index in [1.165, 1.54) is 0 Å². The molecule has 2 aromatic rings. The molecule has 0 aliphatic rings. The Balaban J connectivity index is 1.86. The molecule has 0 radical (unpaired) electrons. The van der Waals surface area contributed by atoms with E-state index in [1.54, 1.807) is 18.5 Å². The van der Waals surface area contributed by atoms with Crippen molar-refractivity contribution in [3.63, 3.8) is 0 Å². The molecule has 4 nitrogen and oxygen atoms in total. The molecule has 1 heterocycles. The van der Waals surface area contributed by atoms with Gasteiger partial charge in [0.2, 0.25) is 0 Å². The average molecular weight is 278 g/mol. The first-order valence-corrected chi connectivity index (χ1v) is 6.34. The molecular formula is C14H16ClN3O. The smallest absolute Gasteiger partial charge is 0.139 e. The fraction of sp³-hybridized carbons (Fsp3) is 0.214. The van der Waals surface area contributed by atoms with Crippen LogP contribution in [-0.2, 0) is 6.42 Å². The van der Waals surface area contributed by atoms with Gasteiger partial charge in [0.15, 0.2) is 0 Å². The number of hydrogen-bond acceptors (Lipinski definition) is 4. The third-order valence-electron chi connectivity index (χ3n) is 2.59. The van der Waals surface area contributed by atoms with Gasteiger partial charge in [-0.05, 0) is 24.1 Å². The summed E-state index contributed by atoms with van der Waals surface area (Å²) in [7, 11) is 0. The molecule has 19 heavy (non-hydrogen) atoms. The molecule has 1 atom stereocenters. The molecule has 2 rings (SSSR count). The number of nitrogens with zero attached hydrogens (tertiary/aromatic N) is 1. The van der Waals surface area contributed by atoms with Gasteiger partial charge in [0.1, 0.15) is 12.4 Å². The molecule has 0 unspecified atom stereocenters. The van der Waals surface area contributed by atoms with E-state index in [0.29, 0.717) is 29.5 Å². The lowest BCUT2D eigenvalue weighted by Gasteiger charge is -2.13. The molecule has 0 aliphatic carbocycles. The van der Waals surface area contributed by atoms with Crippen molar-refractivity contribution in [1.82, 2.24) is 4.98 Å². The Hall–Kier alpha value is -1.78. The largest absolute Gasteiger partial charge is 0.490 e. The van der Waals surface area contributed by atoms with Gasteiger partial charge < -0.3 is 16.2 Å². The summed E-state index contributed by atoms with van der Waals surface area (Å²) < 4.78 is 5.55. The number of ether oxygens (including phenoxy) is 1. The maximum Gasteiger partial charge on any atom is 0.139 e. The van der Waals surface area contributed by atoms with E-state index < -0.39 is 0 Å². The van der Waals surface area contributed by atoms with Crippen LogP contribution in [0.5, 0.6) is 5.75 Å². The van der Waals surface area contributed by atoms with Crippen LogP contribution in [0.4, 0.5) is 5.69 Å². The van der Waals surface area contributed by atoms with Gasteiger partial charge >= 0.3 is 0 Å². The van der Waals surface area contributed by atoms with Crippen LogP contribution in [0.15, 0.2) is 42.7 Å². The van der Waals surface area contributed by atoms with Crippen LogP contribution in [0.1, 0.15) is 5.56 Å². The summed E-state index contributed by atoms with van der Waals surface area (Å²) >= 11 is 5.92. The molecule has 5 heteroatoms. The van der Waals surface area contributed by atoms with Gasteiger partial charge in [0.05, 0.1) is 18.1 Å². The summed E-state index contributed by atoms with van der Waals surface area (Å²) in [6, 6.07) is 9.26. The van der Waals surface area contributed by atoms with E-state index >= 15 is 0 Å².